The highest BCUT2D eigenvalue weighted by atomic mass is 16.5. The van der Waals surface area contributed by atoms with Gasteiger partial charge in [0.25, 0.3) is 5.91 Å². The van der Waals surface area contributed by atoms with Crippen molar-refractivity contribution in [3.05, 3.63) is 17.5 Å². The van der Waals surface area contributed by atoms with Gasteiger partial charge in [-0.25, -0.2) is 0 Å². The van der Waals surface area contributed by atoms with E-state index in [1.54, 1.807) is 24.9 Å². The van der Waals surface area contributed by atoms with Crippen molar-refractivity contribution in [1.82, 2.24) is 9.78 Å². The molecule has 1 aromatic heterocycles. The molecule has 0 saturated carbocycles. The molecule has 1 unspecified atom stereocenters. The van der Waals surface area contributed by atoms with Crippen LogP contribution in [-0.2, 0) is 4.74 Å². The number of amides is 1. The van der Waals surface area contributed by atoms with Gasteiger partial charge in [-0.2, -0.15) is 5.10 Å². The topological polar surface area (TPSA) is 70.1 Å². The number of aromatic nitrogens is 2. The Bertz CT molecular complexity index is 333. The van der Waals surface area contributed by atoms with E-state index in [-0.39, 0.29) is 6.04 Å². The number of rotatable bonds is 4. The maximum atomic E-state index is 11.0. The molecule has 1 amide bonds. The number of nitrogens with two attached hydrogens (primary N) is 1. The Labute approximate surface area is 82.8 Å². The number of carbonyl (C=O) groups excluding carboxylic acids is 1. The van der Waals surface area contributed by atoms with Gasteiger partial charge in [-0.3, -0.25) is 9.48 Å². The molecule has 0 spiro atoms. The SMILES string of the molecule is COCC(C)n1cc(C(N)=O)c(C)n1. The zero-order valence-corrected chi connectivity index (χ0v) is 8.65. The van der Waals surface area contributed by atoms with Crippen molar-refractivity contribution in [2.75, 3.05) is 13.7 Å². The minimum atomic E-state index is -0.446. The summed E-state index contributed by atoms with van der Waals surface area (Å²) in [6.45, 7) is 4.27. The molecule has 1 atom stereocenters. The van der Waals surface area contributed by atoms with Gasteiger partial charge in [0.1, 0.15) is 0 Å². The molecule has 1 aromatic rings. The molecule has 0 radical (unpaired) electrons. The van der Waals surface area contributed by atoms with Gasteiger partial charge in [-0.05, 0) is 13.8 Å². The Morgan fingerprint density at radius 2 is 2.43 bits per heavy atom. The third-order valence-corrected chi connectivity index (χ3v) is 2.04. The predicted octanol–water partition coefficient (Wildman–Crippen LogP) is 0.498. The van der Waals surface area contributed by atoms with E-state index in [2.05, 4.69) is 5.10 Å². The first-order valence-corrected chi connectivity index (χ1v) is 4.40. The van der Waals surface area contributed by atoms with Crippen LogP contribution in [0.1, 0.15) is 29.0 Å². The Morgan fingerprint density at radius 1 is 1.79 bits per heavy atom. The summed E-state index contributed by atoms with van der Waals surface area (Å²) < 4.78 is 6.68. The van der Waals surface area contributed by atoms with E-state index in [9.17, 15) is 4.79 Å². The second-order valence-corrected chi connectivity index (χ2v) is 3.28. The second kappa shape index (κ2) is 4.23. The van der Waals surface area contributed by atoms with E-state index < -0.39 is 5.91 Å². The average molecular weight is 197 g/mol. The Balaban J connectivity index is 2.90. The Hall–Kier alpha value is -1.36. The molecule has 0 aliphatic heterocycles. The van der Waals surface area contributed by atoms with Gasteiger partial charge in [0.15, 0.2) is 0 Å². The van der Waals surface area contributed by atoms with E-state index in [0.717, 1.165) is 0 Å². The van der Waals surface area contributed by atoms with Crippen LogP contribution < -0.4 is 5.73 Å². The number of ether oxygens (including phenoxy) is 1. The van der Waals surface area contributed by atoms with Crippen LogP contribution in [0, 0.1) is 6.92 Å². The quantitative estimate of drug-likeness (QED) is 0.764. The largest absolute Gasteiger partial charge is 0.382 e. The lowest BCUT2D eigenvalue weighted by atomic mass is 10.2. The molecule has 14 heavy (non-hydrogen) atoms. The van der Waals surface area contributed by atoms with Crippen molar-refractivity contribution in [2.45, 2.75) is 19.9 Å². The summed E-state index contributed by atoms with van der Waals surface area (Å²) in [4.78, 5) is 11.0. The van der Waals surface area contributed by atoms with Crippen LogP contribution in [0.4, 0.5) is 0 Å². The third-order valence-electron chi connectivity index (χ3n) is 2.04. The summed E-state index contributed by atoms with van der Waals surface area (Å²) in [5.41, 5.74) is 6.30. The fourth-order valence-electron chi connectivity index (χ4n) is 1.27. The molecule has 0 bridgehead atoms. The van der Waals surface area contributed by atoms with Crippen LogP contribution in [0.3, 0.4) is 0 Å². The van der Waals surface area contributed by atoms with E-state index in [1.807, 2.05) is 6.92 Å². The summed E-state index contributed by atoms with van der Waals surface area (Å²) in [7, 11) is 1.63. The molecule has 0 fully saturated rings. The highest BCUT2D eigenvalue weighted by Crippen LogP contribution is 2.10. The van der Waals surface area contributed by atoms with Crippen LogP contribution in [0.2, 0.25) is 0 Å². The molecule has 78 valence electrons. The second-order valence-electron chi connectivity index (χ2n) is 3.28. The van der Waals surface area contributed by atoms with Crippen LogP contribution in [0.15, 0.2) is 6.20 Å². The van der Waals surface area contributed by atoms with Crippen LogP contribution >= 0.6 is 0 Å². The molecule has 5 nitrogen and oxygen atoms in total. The Morgan fingerprint density at radius 3 is 2.86 bits per heavy atom. The summed E-state index contributed by atoms with van der Waals surface area (Å²) in [5, 5.41) is 4.19. The molecule has 0 saturated heterocycles. The highest BCUT2D eigenvalue weighted by molar-refractivity contribution is 5.93. The molecule has 0 aliphatic carbocycles. The van der Waals surface area contributed by atoms with Crippen molar-refractivity contribution in [2.24, 2.45) is 5.73 Å². The number of methoxy groups -OCH3 is 1. The molecule has 0 aliphatic rings. The first-order valence-electron chi connectivity index (χ1n) is 4.40. The maximum absolute atomic E-state index is 11.0. The summed E-state index contributed by atoms with van der Waals surface area (Å²) in [6.07, 6.45) is 1.65. The van der Waals surface area contributed by atoms with Crippen molar-refractivity contribution in [1.29, 1.82) is 0 Å². The van der Waals surface area contributed by atoms with Gasteiger partial charge in [-0.1, -0.05) is 0 Å². The Kier molecular flexibility index (Phi) is 3.24. The number of primary amides is 1. The molecule has 0 aromatic carbocycles. The zero-order chi connectivity index (χ0) is 10.7. The van der Waals surface area contributed by atoms with Crippen molar-refractivity contribution in [3.63, 3.8) is 0 Å². The molecular weight excluding hydrogens is 182 g/mol. The van der Waals surface area contributed by atoms with Gasteiger partial charge in [0.05, 0.1) is 23.9 Å². The fourth-order valence-corrected chi connectivity index (χ4v) is 1.27. The number of carbonyl (C=O) groups is 1. The minimum Gasteiger partial charge on any atom is -0.382 e. The standard InChI is InChI=1S/C9H15N3O2/c1-6(5-14-3)12-4-8(9(10)13)7(2)11-12/h4,6H,5H2,1-3H3,(H2,10,13). The monoisotopic (exact) mass is 197 g/mol. The van der Waals surface area contributed by atoms with Crippen molar-refractivity contribution >= 4 is 5.91 Å². The lowest BCUT2D eigenvalue weighted by molar-refractivity contribution is 0.0999. The normalized spacial score (nSPS) is 12.8. The summed E-state index contributed by atoms with van der Waals surface area (Å²) in [6, 6.07) is 0.104. The lowest BCUT2D eigenvalue weighted by Crippen LogP contribution is -2.12. The van der Waals surface area contributed by atoms with Crippen LogP contribution in [0.25, 0.3) is 0 Å². The number of nitrogens with zero attached hydrogens (tertiary/aromatic N) is 2. The molecule has 1 rings (SSSR count). The van der Waals surface area contributed by atoms with E-state index in [4.69, 9.17) is 10.5 Å². The summed E-state index contributed by atoms with van der Waals surface area (Å²) in [5.74, 6) is -0.446. The third kappa shape index (κ3) is 2.11. The van der Waals surface area contributed by atoms with E-state index in [0.29, 0.717) is 17.9 Å². The number of aryl methyl sites for hydroxylation is 1. The number of hydrogen-bond donors (Lipinski definition) is 1. The first kappa shape index (κ1) is 10.7. The minimum absolute atomic E-state index is 0.104. The highest BCUT2D eigenvalue weighted by Gasteiger charge is 2.12. The van der Waals surface area contributed by atoms with Crippen molar-refractivity contribution < 1.29 is 9.53 Å². The predicted molar refractivity (Wildman–Crippen MR) is 52.1 cm³/mol. The molecular formula is C9H15N3O2. The van der Waals surface area contributed by atoms with Crippen molar-refractivity contribution in [3.8, 4) is 0 Å². The van der Waals surface area contributed by atoms with Gasteiger partial charge in [0.2, 0.25) is 0 Å². The molecule has 1 heterocycles. The zero-order valence-electron chi connectivity index (χ0n) is 8.65. The smallest absolute Gasteiger partial charge is 0.252 e. The maximum Gasteiger partial charge on any atom is 0.252 e. The van der Waals surface area contributed by atoms with Crippen LogP contribution in [0.5, 0.6) is 0 Å². The molecule has 5 heteroatoms. The number of hydrogen-bond acceptors (Lipinski definition) is 3. The van der Waals surface area contributed by atoms with Gasteiger partial charge >= 0.3 is 0 Å². The van der Waals surface area contributed by atoms with Gasteiger partial charge in [-0.15, -0.1) is 0 Å². The van der Waals surface area contributed by atoms with Crippen LogP contribution in [-0.4, -0.2) is 29.4 Å². The van der Waals surface area contributed by atoms with Gasteiger partial charge in [0, 0.05) is 13.3 Å². The first-order chi connectivity index (χ1) is 6.56. The van der Waals surface area contributed by atoms with E-state index >= 15 is 0 Å². The fraction of sp³-hybridized carbons (Fsp3) is 0.556. The van der Waals surface area contributed by atoms with Gasteiger partial charge < -0.3 is 10.5 Å². The average Bonchev–Trinajstić information content (AvgIpc) is 2.48. The molecule has 2 N–H and O–H groups in total. The lowest BCUT2D eigenvalue weighted by Gasteiger charge is -2.09. The van der Waals surface area contributed by atoms with E-state index in [1.165, 1.54) is 0 Å². The summed E-state index contributed by atoms with van der Waals surface area (Å²) >= 11 is 0.